The lowest BCUT2D eigenvalue weighted by Crippen LogP contribution is -2.36. The maximum Gasteiger partial charge on any atom is 0.148 e. The monoisotopic (exact) mass is 255 g/mol. The van der Waals surface area contributed by atoms with Crippen molar-refractivity contribution in [2.75, 3.05) is 12.0 Å². The van der Waals surface area contributed by atoms with Crippen LogP contribution in [0.2, 0.25) is 0 Å². The van der Waals surface area contributed by atoms with Crippen LogP contribution >= 0.6 is 11.5 Å². The average Bonchev–Trinajstić information content (AvgIpc) is 2.84. The quantitative estimate of drug-likeness (QED) is 0.622. The van der Waals surface area contributed by atoms with Crippen LogP contribution in [0.25, 0.3) is 0 Å². The zero-order valence-corrected chi connectivity index (χ0v) is 11.2. The molecule has 0 unspecified atom stereocenters. The van der Waals surface area contributed by atoms with E-state index in [2.05, 4.69) is 26.8 Å². The smallest absolute Gasteiger partial charge is 0.148 e. The third-order valence-electron chi connectivity index (χ3n) is 3.54. The van der Waals surface area contributed by atoms with E-state index in [-0.39, 0.29) is 0 Å². The Hall–Kier alpha value is -0.720. The van der Waals surface area contributed by atoms with Crippen LogP contribution in [0.3, 0.4) is 0 Å². The molecule has 0 radical (unpaired) electrons. The lowest BCUT2D eigenvalue weighted by molar-refractivity contribution is 0.154. The summed E-state index contributed by atoms with van der Waals surface area (Å²) in [5.41, 5.74) is 3.65. The molecule has 1 aromatic heterocycles. The van der Waals surface area contributed by atoms with Gasteiger partial charge in [-0.05, 0) is 19.4 Å². The molecule has 1 heterocycles. The van der Waals surface area contributed by atoms with Gasteiger partial charge < -0.3 is 5.43 Å². The van der Waals surface area contributed by atoms with E-state index in [0.717, 1.165) is 23.8 Å². The van der Waals surface area contributed by atoms with Gasteiger partial charge in [0.25, 0.3) is 0 Å². The molecule has 0 aromatic carbocycles. The van der Waals surface area contributed by atoms with Gasteiger partial charge in [-0.15, -0.1) is 5.10 Å². The Morgan fingerprint density at radius 1 is 1.41 bits per heavy atom. The van der Waals surface area contributed by atoms with E-state index in [1.807, 2.05) is 0 Å². The van der Waals surface area contributed by atoms with Crippen LogP contribution in [0.15, 0.2) is 0 Å². The first-order valence-corrected chi connectivity index (χ1v) is 7.14. The fraction of sp³-hybridized carbons (Fsp3) is 0.818. The maximum atomic E-state index is 5.45. The van der Waals surface area contributed by atoms with E-state index in [4.69, 9.17) is 5.84 Å². The highest BCUT2D eigenvalue weighted by atomic mass is 32.1. The van der Waals surface area contributed by atoms with Crippen molar-refractivity contribution in [2.24, 2.45) is 5.84 Å². The highest BCUT2D eigenvalue weighted by Gasteiger charge is 2.21. The minimum Gasteiger partial charge on any atom is -0.313 e. The minimum absolute atomic E-state index is 0.709. The Bertz CT molecular complexity index is 334. The lowest BCUT2D eigenvalue weighted by atomic mass is 9.94. The van der Waals surface area contributed by atoms with E-state index in [0.29, 0.717) is 6.04 Å². The first-order valence-electron chi connectivity index (χ1n) is 6.37. The number of aromatic nitrogens is 2. The SMILES string of the molecule is CCN(Cc1nnsc1NN)C1CCCCC1. The molecule has 0 aliphatic heterocycles. The van der Waals surface area contributed by atoms with Gasteiger partial charge in [-0.3, -0.25) is 4.90 Å². The number of nitrogens with one attached hydrogen (secondary N) is 1. The van der Waals surface area contributed by atoms with E-state index in [9.17, 15) is 0 Å². The number of nitrogens with zero attached hydrogens (tertiary/aromatic N) is 3. The van der Waals surface area contributed by atoms with Crippen molar-refractivity contribution >= 4 is 16.5 Å². The predicted molar refractivity (Wildman–Crippen MR) is 70.7 cm³/mol. The number of rotatable bonds is 5. The second-order valence-electron chi connectivity index (χ2n) is 4.55. The zero-order valence-electron chi connectivity index (χ0n) is 10.4. The van der Waals surface area contributed by atoms with Crippen LogP contribution in [0, 0.1) is 0 Å². The normalized spacial score (nSPS) is 17.6. The van der Waals surface area contributed by atoms with E-state index in [1.165, 1.54) is 43.6 Å². The average molecular weight is 255 g/mol. The van der Waals surface area contributed by atoms with Crippen LogP contribution < -0.4 is 11.3 Å². The first kappa shape index (κ1) is 12.7. The molecule has 2 rings (SSSR count). The molecular formula is C11H21N5S. The van der Waals surface area contributed by atoms with Gasteiger partial charge in [0.15, 0.2) is 0 Å². The van der Waals surface area contributed by atoms with Gasteiger partial charge in [0.1, 0.15) is 10.7 Å². The van der Waals surface area contributed by atoms with Crippen LogP contribution in [-0.2, 0) is 6.54 Å². The Labute approximate surface area is 107 Å². The third kappa shape index (κ3) is 3.14. The van der Waals surface area contributed by atoms with Crippen molar-refractivity contribution < 1.29 is 0 Å². The standard InChI is InChI=1S/C11H21N5S/c1-2-16(9-6-4-3-5-7-9)8-10-11(13-12)17-15-14-10/h9,13H,2-8,12H2,1H3. The molecule has 1 aromatic rings. The Morgan fingerprint density at radius 2 is 2.18 bits per heavy atom. The molecule has 96 valence electrons. The molecular weight excluding hydrogens is 234 g/mol. The minimum atomic E-state index is 0.709. The van der Waals surface area contributed by atoms with Crippen molar-refractivity contribution in [1.29, 1.82) is 0 Å². The maximum absolute atomic E-state index is 5.45. The van der Waals surface area contributed by atoms with Crippen LogP contribution in [-0.4, -0.2) is 27.1 Å². The number of nitrogens with two attached hydrogens (primary N) is 1. The molecule has 1 aliphatic rings. The fourth-order valence-electron chi connectivity index (χ4n) is 2.56. The van der Waals surface area contributed by atoms with Crippen molar-refractivity contribution in [3.8, 4) is 0 Å². The molecule has 1 saturated carbocycles. The van der Waals surface area contributed by atoms with E-state index < -0.39 is 0 Å². The van der Waals surface area contributed by atoms with Gasteiger partial charge in [-0.25, -0.2) is 5.84 Å². The van der Waals surface area contributed by atoms with Crippen LogP contribution in [0.4, 0.5) is 5.00 Å². The fourth-order valence-corrected chi connectivity index (χ4v) is 3.04. The summed E-state index contributed by atoms with van der Waals surface area (Å²) in [5, 5.41) is 5.04. The summed E-state index contributed by atoms with van der Waals surface area (Å²) in [5.74, 6) is 5.45. The van der Waals surface area contributed by atoms with Gasteiger partial charge in [-0.1, -0.05) is 30.7 Å². The van der Waals surface area contributed by atoms with Crippen LogP contribution in [0.5, 0.6) is 0 Å². The summed E-state index contributed by atoms with van der Waals surface area (Å²) in [7, 11) is 0. The summed E-state index contributed by atoms with van der Waals surface area (Å²) in [6, 6.07) is 0.709. The number of hydrogen-bond donors (Lipinski definition) is 2. The Kier molecular flexibility index (Phi) is 4.70. The molecule has 1 fully saturated rings. The largest absolute Gasteiger partial charge is 0.313 e. The van der Waals surface area contributed by atoms with Gasteiger partial charge >= 0.3 is 0 Å². The first-order chi connectivity index (χ1) is 8.35. The third-order valence-corrected chi connectivity index (χ3v) is 4.24. The molecule has 17 heavy (non-hydrogen) atoms. The van der Waals surface area contributed by atoms with E-state index in [1.54, 1.807) is 0 Å². The molecule has 0 bridgehead atoms. The second-order valence-corrected chi connectivity index (χ2v) is 5.30. The number of nitrogen functional groups attached to an aromatic ring is 1. The molecule has 0 atom stereocenters. The molecule has 1 aliphatic carbocycles. The van der Waals surface area contributed by atoms with Gasteiger partial charge in [-0.2, -0.15) is 0 Å². The number of hydrogen-bond acceptors (Lipinski definition) is 6. The Morgan fingerprint density at radius 3 is 2.82 bits per heavy atom. The second kappa shape index (κ2) is 6.28. The van der Waals surface area contributed by atoms with Crippen molar-refractivity contribution in [1.82, 2.24) is 14.5 Å². The summed E-state index contributed by atoms with van der Waals surface area (Å²) in [6.45, 7) is 4.13. The van der Waals surface area contributed by atoms with Crippen molar-refractivity contribution in [3.63, 3.8) is 0 Å². The molecule has 0 spiro atoms. The highest BCUT2D eigenvalue weighted by Crippen LogP contribution is 2.25. The lowest BCUT2D eigenvalue weighted by Gasteiger charge is -2.33. The topological polar surface area (TPSA) is 67.1 Å². The molecule has 0 amide bonds. The summed E-state index contributed by atoms with van der Waals surface area (Å²) in [4.78, 5) is 2.50. The van der Waals surface area contributed by atoms with Crippen LogP contribution in [0.1, 0.15) is 44.7 Å². The van der Waals surface area contributed by atoms with Gasteiger partial charge in [0.05, 0.1) is 0 Å². The van der Waals surface area contributed by atoms with Gasteiger partial charge in [0, 0.05) is 24.1 Å². The molecule has 3 N–H and O–H groups in total. The van der Waals surface area contributed by atoms with E-state index >= 15 is 0 Å². The number of anilines is 1. The van der Waals surface area contributed by atoms with Gasteiger partial charge in [0.2, 0.25) is 0 Å². The summed E-state index contributed by atoms with van der Waals surface area (Å²) >= 11 is 1.32. The molecule has 6 heteroatoms. The number of hydrazine groups is 1. The highest BCUT2D eigenvalue weighted by molar-refractivity contribution is 7.10. The predicted octanol–water partition coefficient (Wildman–Crippen LogP) is 1.98. The molecule has 5 nitrogen and oxygen atoms in total. The summed E-state index contributed by atoms with van der Waals surface area (Å²) in [6.07, 6.45) is 6.74. The molecule has 0 saturated heterocycles. The van der Waals surface area contributed by atoms with Crippen molar-refractivity contribution in [2.45, 2.75) is 51.6 Å². The summed E-state index contributed by atoms with van der Waals surface area (Å²) < 4.78 is 3.95. The Balaban J connectivity index is 1.98. The zero-order chi connectivity index (χ0) is 12.1. The van der Waals surface area contributed by atoms with Crippen molar-refractivity contribution in [3.05, 3.63) is 5.69 Å².